The van der Waals surface area contributed by atoms with Crippen molar-refractivity contribution in [3.05, 3.63) is 99.5 Å². The first-order chi connectivity index (χ1) is 13.4. The summed E-state index contributed by atoms with van der Waals surface area (Å²) < 4.78 is 28.3. The van der Waals surface area contributed by atoms with E-state index in [1.54, 1.807) is 37.3 Å². The molecule has 0 saturated heterocycles. The molecule has 7 heteroatoms. The van der Waals surface area contributed by atoms with Crippen LogP contribution in [0, 0.1) is 18.6 Å². The quantitative estimate of drug-likeness (QED) is 0.712. The summed E-state index contributed by atoms with van der Waals surface area (Å²) in [6.45, 7) is 1.45. The summed E-state index contributed by atoms with van der Waals surface area (Å²) in [5.41, 5.74) is 1.41. The molecular weight excluding hydrogens is 364 g/mol. The van der Waals surface area contributed by atoms with Crippen molar-refractivity contribution in [2.75, 3.05) is 0 Å². The van der Waals surface area contributed by atoms with E-state index in [4.69, 9.17) is 0 Å². The first-order valence-corrected chi connectivity index (χ1v) is 8.75. The number of aryl methyl sites for hydroxylation is 1. The van der Waals surface area contributed by atoms with Crippen LogP contribution in [-0.2, 0) is 17.8 Å². The fraction of sp³-hybridized carbons (Fsp3) is 0.190. The molecule has 0 aliphatic heterocycles. The second-order valence-electron chi connectivity index (χ2n) is 6.48. The van der Waals surface area contributed by atoms with Gasteiger partial charge in [0.15, 0.2) is 0 Å². The van der Waals surface area contributed by atoms with Crippen LogP contribution in [0.25, 0.3) is 0 Å². The van der Waals surface area contributed by atoms with Crippen molar-refractivity contribution in [2.45, 2.75) is 25.9 Å². The van der Waals surface area contributed by atoms with Gasteiger partial charge in [0.05, 0.1) is 11.7 Å². The third kappa shape index (κ3) is 5.09. The molecule has 144 valence electrons. The SMILES string of the molecule is Cc1ccc(=O)n(CC(=O)NC(Cc2cccc(F)c2)c2cccc(F)c2)n1. The van der Waals surface area contributed by atoms with Crippen LogP contribution in [0.5, 0.6) is 0 Å². The minimum Gasteiger partial charge on any atom is -0.347 e. The van der Waals surface area contributed by atoms with Crippen LogP contribution in [0.3, 0.4) is 0 Å². The predicted molar refractivity (Wildman–Crippen MR) is 101 cm³/mol. The fourth-order valence-corrected chi connectivity index (χ4v) is 2.92. The maximum absolute atomic E-state index is 13.7. The number of hydrogen-bond acceptors (Lipinski definition) is 3. The molecule has 28 heavy (non-hydrogen) atoms. The van der Waals surface area contributed by atoms with E-state index in [0.29, 0.717) is 16.8 Å². The molecule has 0 saturated carbocycles. The second kappa shape index (κ2) is 8.56. The van der Waals surface area contributed by atoms with Crippen molar-refractivity contribution in [3.8, 4) is 0 Å². The molecule has 1 aromatic heterocycles. The number of nitrogens with zero attached hydrogens (tertiary/aromatic N) is 2. The van der Waals surface area contributed by atoms with E-state index in [1.807, 2.05) is 0 Å². The highest BCUT2D eigenvalue weighted by Gasteiger charge is 2.17. The standard InChI is InChI=1S/C21H19F2N3O2/c1-14-8-9-21(28)26(25-14)13-20(27)24-19(16-5-3-7-18(23)12-16)11-15-4-2-6-17(22)10-15/h2-10,12,19H,11,13H2,1H3,(H,24,27). The maximum Gasteiger partial charge on any atom is 0.267 e. The Morgan fingerprint density at radius 3 is 2.50 bits per heavy atom. The lowest BCUT2D eigenvalue weighted by molar-refractivity contribution is -0.122. The van der Waals surface area contributed by atoms with Crippen molar-refractivity contribution in [2.24, 2.45) is 0 Å². The molecule has 3 rings (SSSR count). The number of carbonyl (C=O) groups excluding carboxylic acids is 1. The van der Waals surface area contributed by atoms with Gasteiger partial charge in [0.25, 0.3) is 5.56 Å². The molecule has 0 spiro atoms. The number of amides is 1. The lowest BCUT2D eigenvalue weighted by Gasteiger charge is -2.20. The normalized spacial score (nSPS) is 11.8. The molecular formula is C21H19F2N3O2. The van der Waals surface area contributed by atoms with Gasteiger partial charge in [0, 0.05) is 6.07 Å². The van der Waals surface area contributed by atoms with Crippen molar-refractivity contribution in [3.63, 3.8) is 0 Å². The van der Waals surface area contributed by atoms with E-state index in [1.165, 1.54) is 30.3 Å². The maximum atomic E-state index is 13.7. The zero-order chi connectivity index (χ0) is 20.1. The van der Waals surface area contributed by atoms with Gasteiger partial charge in [-0.2, -0.15) is 5.10 Å². The Morgan fingerprint density at radius 2 is 1.79 bits per heavy atom. The van der Waals surface area contributed by atoms with Gasteiger partial charge in [0.2, 0.25) is 5.91 Å². The Balaban J connectivity index is 1.83. The highest BCUT2D eigenvalue weighted by atomic mass is 19.1. The van der Waals surface area contributed by atoms with E-state index in [0.717, 1.165) is 4.68 Å². The average Bonchev–Trinajstić information content (AvgIpc) is 2.64. The molecule has 0 aliphatic rings. The van der Waals surface area contributed by atoms with Gasteiger partial charge in [-0.1, -0.05) is 24.3 Å². The summed E-state index contributed by atoms with van der Waals surface area (Å²) in [4.78, 5) is 24.4. The number of aromatic nitrogens is 2. The molecule has 0 radical (unpaired) electrons. The Labute approximate surface area is 160 Å². The van der Waals surface area contributed by atoms with Crippen LogP contribution in [-0.4, -0.2) is 15.7 Å². The van der Waals surface area contributed by atoms with Crippen molar-refractivity contribution >= 4 is 5.91 Å². The van der Waals surface area contributed by atoms with Crippen LogP contribution in [0.2, 0.25) is 0 Å². The van der Waals surface area contributed by atoms with Crippen molar-refractivity contribution in [1.29, 1.82) is 0 Å². The minimum absolute atomic E-state index is 0.267. The molecule has 2 aromatic carbocycles. The molecule has 1 atom stereocenters. The highest BCUT2D eigenvalue weighted by Crippen LogP contribution is 2.20. The number of carbonyl (C=O) groups is 1. The second-order valence-corrected chi connectivity index (χ2v) is 6.48. The van der Waals surface area contributed by atoms with Gasteiger partial charge in [-0.15, -0.1) is 0 Å². The van der Waals surface area contributed by atoms with Crippen LogP contribution < -0.4 is 10.9 Å². The Hall–Kier alpha value is -3.35. The van der Waals surface area contributed by atoms with Gasteiger partial charge in [-0.05, 0) is 54.8 Å². The molecule has 1 heterocycles. The average molecular weight is 383 g/mol. The lowest BCUT2D eigenvalue weighted by atomic mass is 9.98. The summed E-state index contributed by atoms with van der Waals surface area (Å²) >= 11 is 0. The topological polar surface area (TPSA) is 64.0 Å². The zero-order valence-corrected chi connectivity index (χ0v) is 15.2. The van der Waals surface area contributed by atoms with Crippen LogP contribution >= 0.6 is 0 Å². The Bertz CT molecular complexity index is 1050. The first kappa shape index (κ1) is 19.4. The molecule has 1 N–H and O–H groups in total. The summed E-state index contributed by atoms with van der Waals surface area (Å²) in [6, 6.07) is 14.2. The van der Waals surface area contributed by atoms with E-state index in [9.17, 15) is 18.4 Å². The molecule has 5 nitrogen and oxygen atoms in total. The molecule has 0 fully saturated rings. The number of benzene rings is 2. The van der Waals surface area contributed by atoms with Gasteiger partial charge in [-0.25, -0.2) is 13.5 Å². The number of halogens is 2. The zero-order valence-electron chi connectivity index (χ0n) is 15.2. The molecule has 1 amide bonds. The van der Waals surface area contributed by atoms with Crippen molar-refractivity contribution < 1.29 is 13.6 Å². The van der Waals surface area contributed by atoms with Crippen LogP contribution in [0.15, 0.2) is 65.5 Å². The number of nitrogens with one attached hydrogen (secondary N) is 1. The molecule has 0 aliphatic carbocycles. The highest BCUT2D eigenvalue weighted by molar-refractivity contribution is 5.76. The van der Waals surface area contributed by atoms with E-state index in [-0.39, 0.29) is 13.0 Å². The van der Waals surface area contributed by atoms with Gasteiger partial charge >= 0.3 is 0 Å². The fourth-order valence-electron chi connectivity index (χ4n) is 2.92. The summed E-state index contributed by atoms with van der Waals surface area (Å²) in [5.74, 6) is -1.28. The van der Waals surface area contributed by atoms with Crippen LogP contribution in [0.4, 0.5) is 8.78 Å². The van der Waals surface area contributed by atoms with E-state index in [2.05, 4.69) is 10.4 Å². The van der Waals surface area contributed by atoms with E-state index < -0.39 is 29.1 Å². The van der Waals surface area contributed by atoms with Gasteiger partial charge in [-0.3, -0.25) is 9.59 Å². The Kier molecular flexibility index (Phi) is 5.93. The Morgan fingerprint density at radius 1 is 1.07 bits per heavy atom. The molecule has 0 bridgehead atoms. The summed E-state index contributed by atoms with van der Waals surface area (Å²) in [5, 5.41) is 6.83. The largest absolute Gasteiger partial charge is 0.347 e. The summed E-state index contributed by atoms with van der Waals surface area (Å²) in [6.07, 6.45) is 0.267. The molecule has 3 aromatic rings. The molecule has 1 unspecified atom stereocenters. The minimum atomic E-state index is -0.592. The number of hydrogen-bond donors (Lipinski definition) is 1. The lowest BCUT2D eigenvalue weighted by Crippen LogP contribution is -2.36. The predicted octanol–water partition coefficient (Wildman–Crippen LogP) is 2.93. The number of rotatable bonds is 6. The van der Waals surface area contributed by atoms with E-state index >= 15 is 0 Å². The smallest absolute Gasteiger partial charge is 0.267 e. The third-order valence-corrected chi connectivity index (χ3v) is 4.21. The van der Waals surface area contributed by atoms with Gasteiger partial charge in [0.1, 0.15) is 18.2 Å². The monoisotopic (exact) mass is 383 g/mol. The van der Waals surface area contributed by atoms with Crippen molar-refractivity contribution in [1.82, 2.24) is 15.1 Å². The summed E-state index contributed by atoms with van der Waals surface area (Å²) in [7, 11) is 0. The first-order valence-electron chi connectivity index (χ1n) is 8.75. The van der Waals surface area contributed by atoms with Crippen LogP contribution in [0.1, 0.15) is 22.9 Å². The third-order valence-electron chi connectivity index (χ3n) is 4.21. The van der Waals surface area contributed by atoms with Gasteiger partial charge < -0.3 is 5.32 Å².